The second-order valence-electron chi connectivity index (χ2n) is 6.41. The highest BCUT2D eigenvalue weighted by Gasteiger charge is 2.24. The van der Waals surface area contributed by atoms with E-state index in [0.29, 0.717) is 31.9 Å². The molecule has 0 saturated carbocycles. The maximum absolute atomic E-state index is 12.0. The minimum Gasteiger partial charge on any atom is -0.396 e. The lowest BCUT2D eigenvalue weighted by Crippen LogP contribution is -2.39. The number of methoxy groups -OCH3 is 1. The van der Waals surface area contributed by atoms with Gasteiger partial charge in [0.15, 0.2) is 0 Å². The summed E-state index contributed by atoms with van der Waals surface area (Å²) >= 11 is 0. The summed E-state index contributed by atoms with van der Waals surface area (Å²) in [6.07, 6.45) is 2.79. The van der Waals surface area contributed by atoms with Gasteiger partial charge in [-0.05, 0) is 37.1 Å². The Kier molecular flexibility index (Phi) is 9.80. The molecule has 0 saturated heterocycles. The third-order valence-corrected chi connectivity index (χ3v) is 3.67. The van der Waals surface area contributed by atoms with Gasteiger partial charge in [0, 0.05) is 20.1 Å². The van der Waals surface area contributed by atoms with Gasteiger partial charge in [-0.25, -0.2) is 0 Å². The minimum atomic E-state index is -0.111. The van der Waals surface area contributed by atoms with Gasteiger partial charge in [-0.1, -0.05) is 20.8 Å². The molecule has 0 fully saturated rings. The summed E-state index contributed by atoms with van der Waals surface area (Å²) in [5.41, 5.74) is 5.81. The van der Waals surface area contributed by atoms with Crippen LogP contribution in [0.2, 0.25) is 0 Å². The summed E-state index contributed by atoms with van der Waals surface area (Å²) < 4.78 is 5.03. The number of nitrogens with two attached hydrogens (primary N) is 1. The third kappa shape index (κ3) is 8.51. The van der Waals surface area contributed by atoms with Crippen molar-refractivity contribution in [1.82, 2.24) is 5.32 Å². The van der Waals surface area contributed by atoms with Crippen molar-refractivity contribution in [3.63, 3.8) is 0 Å². The van der Waals surface area contributed by atoms with Gasteiger partial charge in [0.05, 0.1) is 12.6 Å². The Balaban J connectivity index is 4.23. The van der Waals surface area contributed by atoms with Gasteiger partial charge in [-0.3, -0.25) is 4.79 Å². The van der Waals surface area contributed by atoms with Gasteiger partial charge in [0.1, 0.15) is 0 Å². The number of rotatable bonds is 10. The third-order valence-electron chi connectivity index (χ3n) is 3.67. The van der Waals surface area contributed by atoms with Crippen LogP contribution in [-0.4, -0.2) is 43.9 Å². The molecule has 5 heteroatoms. The molecule has 0 rings (SSSR count). The summed E-state index contributed by atoms with van der Waals surface area (Å²) in [6, 6.07) is -0.111. The number of hydrogen-bond donors (Lipinski definition) is 3. The maximum Gasteiger partial charge on any atom is 0.220 e. The van der Waals surface area contributed by atoms with E-state index in [0.717, 1.165) is 12.8 Å². The van der Waals surface area contributed by atoms with Crippen LogP contribution in [-0.2, 0) is 9.53 Å². The van der Waals surface area contributed by atoms with E-state index in [1.165, 1.54) is 0 Å². The van der Waals surface area contributed by atoms with Crippen LogP contribution in [0.25, 0.3) is 0 Å². The van der Waals surface area contributed by atoms with E-state index >= 15 is 0 Å². The number of nitrogens with one attached hydrogen (secondary N) is 1. The summed E-state index contributed by atoms with van der Waals surface area (Å²) in [7, 11) is 1.59. The Hall–Kier alpha value is -0.650. The fraction of sp³-hybridized carbons (Fsp3) is 0.933. The predicted molar refractivity (Wildman–Crippen MR) is 81.4 cm³/mol. The maximum atomic E-state index is 12.0. The fourth-order valence-electron chi connectivity index (χ4n) is 2.37. The molecule has 0 bridgehead atoms. The van der Waals surface area contributed by atoms with Crippen molar-refractivity contribution in [2.75, 3.05) is 26.9 Å². The number of aliphatic hydroxyl groups is 1. The number of aliphatic hydroxyl groups excluding tert-OH is 1. The highest BCUT2D eigenvalue weighted by molar-refractivity contribution is 5.76. The topological polar surface area (TPSA) is 84.6 Å². The van der Waals surface area contributed by atoms with Gasteiger partial charge in [0.25, 0.3) is 0 Å². The lowest BCUT2D eigenvalue weighted by molar-refractivity contribution is -0.122. The molecule has 120 valence electrons. The second kappa shape index (κ2) is 10.1. The molecule has 2 unspecified atom stereocenters. The SMILES string of the molecule is COCC(CCO)NC(=O)CCC(CCN)C(C)(C)C. The van der Waals surface area contributed by atoms with Crippen LogP contribution in [0.1, 0.15) is 46.5 Å². The summed E-state index contributed by atoms with van der Waals surface area (Å²) in [5, 5.41) is 11.9. The molecule has 20 heavy (non-hydrogen) atoms. The van der Waals surface area contributed by atoms with Crippen LogP contribution in [0.3, 0.4) is 0 Å². The number of ether oxygens (including phenoxy) is 1. The van der Waals surface area contributed by atoms with Crippen molar-refractivity contribution in [3.05, 3.63) is 0 Å². The first-order chi connectivity index (χ1) is 9.35. The number of hydrogen-bond acceptors (Lipinski definition) is 4. The molecular weight excluding hydrogens is 256 g/mol. The van der Waals surface area contributed by atoms with Gasteiger partial charge in [-0.2, -0.15) is 0 Å². The van der Waals surface area contributed by atoms with Gasteiger partial charge in [-0.15, -0.1) is 0 Å². The van der Waals surface area contributed by atoms with E-state index in [-0.39, 0.29) is 24.0 Å². The fourth-order valence-corrected chi connectivity index (χ4v) is 2.37. The van der Waals surface area contributed by atoms with Crippen molar-refractivity contribution in [2.45, 2.75) is 52.5 Å². The van der Waals surface area contributed by atoms with Crippen molar-refractivity contribution < 1.29 is 14.6 Å². The van der Waals surface area contributed by atoms with Crippen LogP contribution >= 0.6 is 0 Å². The second-order valence-corrected chi connectivity index (χ2v) is 6.41. The minimum absolute atomic E-state index is 0.0202. The summed E-state index contributed by atoms with van der Waals surface area (Å²) in [5.74, 6) is 0.462. The number of carbonyl (C=O) groups is 1. The van der Waals surface area contributed by atoms with Crippen LogP contribution < -0.4 is 11.1 Å². The first-order valence-electron chi connectivity index (χ1n) is 7.44. The molecule has 0 radical (unpaired) electrons. The molecule has 0 aliphatic rings. The van der Waals surface area contributed by atoms with Gasteiger partial charge >= 0.3 is 0 Å². The average Bonchev–Trinajstić information content (AvgIpc) is 2.33. The Labute approximate surface area is 123 Å². The van der Waals surface area contributed by atoms with Crippen LogP contribution in [0.5, 0.6) is 0 Å². The van der Waals surface area contributed by atoms with E-state index in [9.17, 15) is 4.79 Å². The molecule has 4 N–H and O–H groups in total. The van der Waals surface area contributed by atoms with Crippen molar-refractivity contribution in [2.24, 2.45) is 17.1 Å². The zero-order valence-corrected chi connectivity index (χ0v) is 13.4. The quantitative estimate of drug-likeness (QED) is 0.565. The van der Waals surface area contributed by atoms with Crippen LogP contribution in [0, 0.1) is 11.3 Å². The average molecular weight is 288 g/mol. The zero-order chi connectivity index (χ0) is 15.6. The first kappa shape index (κ1) is 19.4. The highest BCUT2D eigenvalue weighted by atomic mass is 16.5. The molecule has 2 atom stereocenters. The lowest BCUT2D eigenvalue weighted by atomic mass is 9.76. The largest absolute Gasteiger partial charge is 0.396 e. The molecule has 0 aromatic rings. The smallest absolute Gasteiger partial charge is 0.220 e. The number of carbonyl (C=O) groups excluding carboxylic acids is 1. The standard InChI is InChI=1S/C15H32N2O3/c1-15(2,3)12(7-9-16)5-6-14(19)17-13(8-10-18)11-20-4/h12-13,18H,5-11,16H2,1-4H3,(H,17,19). The van der Waals surface area contributed by atoms with E-state index in [2.05, 4.69) is 26.1 Å². The van der Waals surface area contributed by atoms with E-state index in [1.54, 1.807) is 7.11 Å². The van der Waals surface area contributed by atoms with E-state index in [1.807, 2.05) is 0 Å². The Morgan fingerprint density at radius 2 is 1.95 bits per heavy atom. The molecule has 0 aliphatic carbocycles. The Bertz CT molecular complexity index is 258. The summed E-state index contributed by atoms with van der Waals surface area (Å²) in [4.78, 5) is 12.0. The number of amides is 1. The Morgan fingerprint density at radius 3 is 2.40 bits per heavy atom. The van der Waals surface area contributed by atoms with E-state index < -0.39 is 0 Å². The zero-order valence-electron chi connectivity index (χ0n) is 13.4. The molecule has 0 spiro atoms. The molecule has 0 heterocycles. The predicted octanol–water partition coefficient (Wildman–Crippen LogP) is 1.29. The molecule has 0 aromatic heterocycles. The molecule has 0 aliphatic heterocycles. The molecule has 5 nitrogen and oxygen atoms in total. The van der Waals surface area contributed by atoms with Crippen molar-refractivity contribution in [1.29, 1.82) is 0 Å². The molecule has 0 aromatic carbocycles. The molecule has 1 amide bonds. The first-order valence-corrected chi connectivity index (χ1v) is 7.44. The van der Waals surface area contributed by atoms with Crippen LogP contribution in [0.4, 0.5) is 0 Å². The van der Waals surface area contributed by atoms with Crippen molar-refractivity contribution >= 4 is 5.91 Å². The summed E-state index contributed by atoms with van der Waals surface area (Å²) in [6.45, 7) is 7.68. The van der Waals surface area contributed by atoms with E-state index in [4.69, 9.17) is 15.6 Å². The normalized spacial score (nSPS) is 14.9. The van der Waals surface area contributed by atoms with Gasteiger partial charge in [0.2, 0.25) is 5.91 Å². The monoisotopic (exact) mass is 288 g/mol. The van der Waals surface area contributed by atoms with Crippen molar-refractivity contribution in [3.8, 4) is 0 Å². The highest BCUT2D eigenvalue weighted by Crippen LogP contribution is 2.31. The van der Waals surface area contributed by atoms with Gasteiger partial charge < -0.3 is 20.9 Å². The van der Waals surface area contributed by atoms with Crippen LogP contribution in [0.15, 0.2) is 0 Å². The lowest BCUT2D eigenvalue weighted by Gasteiger charge is -2.30. The Morgan fingerprint density at radius 1 is 1.30 bits per heavy atom. The molecular formula is C15H32N2O3.